The fourth-order valence-corrected chi connectivity index (χ4v) is 2.80. The van der Waals surface area contributed by atoms with Crippen LogP contribution in [-0.2, 0) is 0 Å². The van der Waals surface area contributed by atoms with Crippen LogP contribution in [0.15, 0.2) is 22.7 Å². The lowest BCUT2D eigenvalue weighted by atomic mass is 9.87. The van der Waals surface area contributed by atoms with Gasteiger partial charge in [-0.2, -0.15) is 0 Å². The molecule has 0 spiro atoms. The maximum atomic E-state index is 3.61. The van der Waals surface area contributed by atoms with Crippen molar-refractivity contribution in [2.45, 2.75) is 53.5 Å². The van der Waals surface area contributed by atoms with Crippen LogP contribution in [0.2, 0.25) is 0 Å². The van der Waals surface area contributed by atoms with Crippen LogP contribution in [0.4, 0.5) is 0 Å². The summed E-state index contributed by atoms with van der Waals surface area (Å²) < 4.78 is 1.18. The summed E-state index contributed by atoms with van der Waals surface area (Å²) in [6.45, 7) is 12.3. The third-order valence-corrected chi connectivity index (χ3v) is 3.56. The third-order valence-electron chi connectivity index (χ3n) is 3.10. The van der Waals surface area contributed by atoms with Crippen molar-refractivity contribution in [1.29, 1.82) is 0 Å². The predicted molar refractivity (Wildman–Crippen MR) is 84.0 cm³/mol. The number of aryl methyl sites for hydroxylation is 1. The van der Waals surface area contributed by atoms with E-state index in [1.807, 2.05) is 0 Å². The van der Waals surface area contributed by atoms with E-state index in [0.29, 0.717) is 11.5 Å². The van der Waals surface area contributed by atoms with Gasteiger partial charge in [-0.1, -0.05) is 49.7 Å². The molecule has 102 valence electrons. The molecule has 0 radical (unpaired) electrons. The highest BCUT2D eigenvalue weighted by Crippen LogP contribution is 2.29. The summed E-state index contributed by atoms with van der Waals surface area (Å²) >= 11 is 3.60. The third kappa shape index (κ3) is 5.53. The monoisotopic (exact) mass is 311 g/mol. The second-order valence-electron chi connectivity index (χ2n) is 6.27. The number of halogens is 1. The van der Waals surface area contributed by atoms with Crippen LogP contribution in [0.3, 0.4) is 0 Å². The van der Waals surface area contributed by atoms with Gasteiger partial charge in [0.25, 0.3) is 0 Å². The molecule has 1 nitrogen and oxygen atoms in total. The molecule has 0 aromatic heterocycles. The quantitative estimate of drug-likeness (QED) is 0.784. The molecule has 1 N–H and O–H groups in total. The van der Waals surface area contributed by atoms with Gasteiger partial charge in [-0.3, -0.25) is 0 Å². The molecule has 0 aliphatic carbocycles. The molecule has 0 saturated carbocycles. The molecule has 2 heteroatoms. The van der Waals surface area contributed by atoms with Crippen LogP contribution < -0.4 is 5.32 Å². The van der Waals surface area contributed by atoms with E-state index >= 15 is 0 Å². The van der Waals surface area contributed by atoms with Gasteiger partial charge in [0.1, 0.15) is 0 Å². The summed E-state index contributed by atoms with van der Waals surface area (Å²) in [7, 11) is 0. The Morgan fingerprint density at radius 3 is 2.39 bits per heavy atom. The molecule has 18 heavy (non-hydrogen) atoms. The number of benzene rings is 1. The molecule has 1 atom stereocenters. The first-order chi connectivity index (χ1) is 8.31. The van der Waals surface area contributed by atoms with Crippen molar-refractivity contribution in [3.05, 3.63) is 33.8 Å². The second kappa shape index (κ2) is 6.72. The minimum Gasteiger partial charge on any atom is -0.310 e. The summed E-state index contributed by atoms with van der Waals surface area (Å²) in [6.07, 6.45) is 2.42. The normalized spacial score (nSPS) is 13.7. The van der Waals surface area contributed by atoms with Gasteiger partial charge in [0.15, 0.2) is 0 Å². The predicted octanol–water partition coefficient (Wildman–Crippen LogP) is 5.23. The standard InChI is InChI=1S/C16H26BrN/c1-6-18-15(7-8-16(3,4)5)13-9-12(2)10-14(17)11-13/h9-11,15,18H,6-8H2,1-5H3. The zero-order valence-corrected chi connectivity index (χ0v) is 13.9. The zero-order chi connectivity index (χ0) is 13.8. The molecule has 0 saturated heterocycles. The first-order valence-corrected chi connectivity index (χ1v) is 7.61. The Kier molecular flexibility index (Phi) is 5.87. The number of nitrogens with one attached hydrogen (secondary N) is 1. The van der Waals surface area contributed by atoms with Gasteiger partial charge in [-0.05, 0) is 55.0 Å². The molecule has 0 fully saturated rings. The van der Waals surface area contributed by atoms with Crippen LogP contribution >= 0.6 is 15.9 Å². The van der Waals surface area contributed by atoms with E-state index < -0.39 is 0 Å². The molecule has 0 aliphatic rings. The van der Waals surface area contributed by atoms with Gasteiger partial charge in [0.2, 0.25) is 0 Å². The van der Waals surface area contributed by atoms with E-state index in [2.05, 4.69) is 74.1 Å². The molecular weight excluding hydrogens is 286 g/mol. The molecule has 0 bridgehead atoms. The van der Waals surface area contributed by atoms with Crippen molar-refractivity contribution >= 4 is 15.9 Å². The minimum atomic E-state index is 0.398. The minimum absolute atomic E-state index is 0.398. The maximum absolute atomic E-state index is 3.61. The van der Waals surface area contributed by atoms with Crippen molar-refractivity contribution < 1.29 is 0 Å². The van der Waals surface area contributed by atoms with Gasteiger partial charge in [0, 0.05) is 10.5 Å². The van der Waals surface area contributed by atoms with Crippen LogP contribution in [0.25, 0.3) is 0 Å². The summed E-state index contributed by atoms with van der Waals surface area (Å²) in [5.74, 6) is 0. The number of hydrogen-bond donors (Lipinski definition) is 1. The highest BCUT2D eigenvalue weighted by atomic mass is 79.9. The van der Waals surface area contributed by atoms with Gasteiger partial charge >= 0.3 is 0 Å². The molecule has 0 amide bonds. The van der Waals surface area contributed by atoms with E-state index in [1.165, 1.54) is 28.4 Å². The molecular formula is C16H26BrN. The van der Waals surface area contributed by atoms with Crippen LogP contribution in [-0.4, -0.2) is 6.54 Å². The fraction of sp³-hybridized carbons (Fsp3) is 0.625. The lowest BCUT2D eigenvalue weighted by Gasteiger charge is -2.24. The summed E-state index contributed by atoms with van der Waals surface area (Å²) in [5.41, 5.74) is 3.11. The van der Waals surface area contributed by atoms with E-state index in [1.54, 1.807) is 0 Å². The van der Waals surface area contributed by atoms with E-state index in [-0.39, 0.29) is 0 Å². The lowest BCUT2D eigenvalue weighted by molar-refractivity contribution is 0.334. The van der Waals surface area contributed by atoms with Crippen molar-refractivity contribution in [3.8, 4) is 0 Å². The van der Waals surface area contributed by atoms with Gasteiger partial charge < -0.3 is 5.32 Å². The van der Waals surface area contributed by atoms with Gasteiger partial charge in [0.05, 0.1) is 0 Å². The summed E-state index contributed by atoms with van der Waals surface area (Å²) in [6, 6.07) is 7.16. The molecule has 1 aromatic rings. The highest BCUT2D eigenvalue weighted by molar-refractivity contribution is 9.10. The van der Waals surface area contributed by atoms with Crippen LogP contribution in [0.1, 0.15) is 57.7 Å². The smallest absolute Gasteiger partial charge is 0.0320 e. The van der Waals surface area contributed by atoms with Crippen LogP contribution in [0.5, 0.6) is 0 Å². The first kappa shape index (κ1) is 15.7. The van der Waals surface area contributed by atoms with Crippen LogP contribution in [0, 0.1) is 12.3 Å². The SMILES string of the molecule is CCNC(CCC(C)(C)C)c1cc(C)cc(Br)c1. The molecule has 0 aliphatic heterocycles. The maximum Gasteiger partial charge on any atom is 0.0320 e. The highest BCUT2D eigenvalue weighted by Gasteiger charge is 2.16. The zero-order valence-electron chi connectivity index (χ0n) is 12.3. The fourth-order valence-electron chi connectivity index (χ4n) is 2.18. The summed E-state index contributed by atoms with van der Waals surface area (Å²) in [5, 5.41) is 3.61. The molecule has 0 heterocycles. The lowest BCUT2D eigenvalue weighted by Crippen LogP contribution is -2.22. The number of rotatable bonds is 5. The van der Waals surface area contributed by atoms with Crippen molar-refractivity contribution in [2.75, 3.05) is 6.54 Å². The van der Waals surface area contributed by atoms with Crippen molar-refractivity contribution in [3.63, 3.8) is 0 Å². The Balaban J connectivity index is 2.83. The van der Waals surface area contributed by atoms with Gasteiger partial charge in [-0.15, -0.1) is 0 Å². The van der Waals surface area contributed by atoms with E-state index in [9.17, 15) is 0 Å². The summed E-state index contributed by atoms with van der Waals surface area (Å²) in [4.78, 5) is 0. The Bertz CT molecular complexity index is 359. The van der Waals surface area contributed by atoms with Crippen molar-refractivity contribution in [1.82, 2.24) is 5.32 Å². The number of hydrogen-bond acceptors (Lipinski definition) is 1. The first-order valence-electron chi connectivity index (χ1n) is 6.82. The van der Waals surface area contributed by atoms with E-state index in [0.717, 1.165) is 6.54 Å². The average molecular weight is 312 g/mol. The molecule has 1 unspecified atom stereocenters. The second-order valence-corrected chi connectivity index (χ2v) is 7.19. The van der Waals surface area contributed by atoms with E-state index in [4.69, 9.17) is 0 Å². The Morgan fingerprint density at radius 2 is 1.89 bits per heavy atom. The molecule has 1 rings (SSSR count). The largest absolute Gasteiger partial charge is 0.310 e. The molecule has 1 aromatic carbocycles. The topological polar surface area (TPSA) is 12.0 Å². The Labute approximate surface area is 120 Å². The van der Waals surface area contributed by atoms with Crippen molar-refractivity contribution in [2.24, 2.45) is 5.41 Å². The average Bonchev–Trinajstić information content (AvgIpc) is 2.21. The Morgan fingerprint density at radius 1 is 1.22 bits per heavy atom. The Hall–Kier alpha value is -0.340. The van der Waals surface area contributed by atoms with Gasteiger partial charge in [-0.25, -0.2) is 0 Å².